The number of benzene rings is 1. The van der Waals surface area contributed by atoms with E-state index in [9.17, 15) is 0 Å². The van der Waals surface area contributed by atoms with Crippen molar-refractivity contribution in [2.24, 2.45) is 0 Å². The van der Waals surface area contributed by atoms with E-state index < -0.39 is 0 Å². The Morgan fingerprint density at radius 2 is 1.75 bits per heavy atom. The van der Waals surface area contributed by atoms with Crippen LogP contribution in [0.2, 0.25) is 0 Å². The average molecular weight is 219 g/mol. The average Bonchev–Trinajstić information content (AvgIpc) is 2.29. The first-order valence-corrected chi connectivity index (χ1v) is 6.54. The van der Waals surface area contributed by atoms with Crippen LogP contribution >= 0.6 is 0 Å². The van der Waals surface area contributed by atoms with Crippen molar-refractivity contribution in [3.8, 4) is 0 Å². The molecule has 1 aromatic carbocycles. The first kappa shape index (κ1) is 13.2. The maximum Gasteiger partial charge on any atom is 0.00103 e. The molecular formula is C15H25N. The van der Waals surface area contributed by atoms with Gasteiger partial charge in [-0.05, 0) is 43.4 Å². The van der Waals surface area contributed by atoms with Crippen LogP contribution in [0.1, 0.15) is 44.7 Å². The molecule has 0 amide bonds. The van der Waals surface area contributed by atoms with E-state index in [2.05, 4.69) is 50.4 Å². The van der Waals surface area contributed by atoms with E-state index in [-0.39, 0.29) is 0 Å². The Hall–Kier alpha value is -0.820. The van der Waals surface area contributed by atoms with Crippen molar-refractivity contribution in [1.29, 1.82) is 0 Å². The van der Waals surface area contributed by atoms with E-state index in [1.807, 2.05) is 0 Å². The van der Waals surface area contributed by atoms with Crippen LogP contribution in [0.15, 0.2) is 24.3 Å². The molecule has 0 aromatic heterocycles. The zero-order valence-corrected chi connectivity index (χ0v) is 10.9. The summed E-state index contributed by atoms with van der Waals surface area (Å²) in [4.78, 5) is 0. The molecular weight excluding hydrogens is 194 g/mol. The molecule has 0 atom stereocenters. The summed E-state index contributed by atoms with van der Waals surface area (Å²) in [5, 5.41) is 3.46. The fraction of sp³-hybridized carbons (Fsp3) is 0.600. The van der Waals surface area contributed by atoms with Gasteiger partial charge in [0.25, 0.3) is 0 Å². The smallest absolute Gasteiger partial charge is 0.00103 e. The van der Waals surface area contributed by atoms with E-state index >= 15 is 0 Å². The summed E-state index contributed by atoms with van der Waals surface area (Å²) in [6.45, 7) is 7.78. The normalized spacial score (nSPS) is 11.0. The van der Waals surface area contributed by atoms with Gasteiger partial charge >= 0.3 is 0 Å². The van der Waals surface area contributed by atoms with E-state index in [0.717, 1.165) is 13.0 Å². The van der Waals surface area contributed by atoms with Gasteiger partial charge in [-0.3, -0.25) is 0 Å². The molecule has 1 nitrogen and oxygen atoms in total. The summed E-state index contributed by atoms with van der Waals surface area (Å²) in [5.41, 5.74) is 3.05. The highest BCUT2D eigenvalue weighted by Gasteiger charge is 1.99. The largest absolute Gasteiger partial charge is 0.315 e. The van der Waals surface area contributed by atoms with Crippen LogP contribution < -0.4 is 5.32 Å². The van der Waals surface area contributed by atoms with Crippen molar-refractivity contribution in [3.63, 3.8) is 0 Å². The number of aryl methyl sites for hydroxylation is 2. The Morgan fingerprint density at radius 1 is 1.06 bits per heavy atom. The first-order valence-electron chi connectivity index (χ1n) is 6.54. The molecule has 0 saturated carbocycles. The molecule has 90 valence electrons. The van der Waals surface area contributed by atoms with Crippen LogP contribution in [0.5, 0.6) is 0 Å². The lowest BCUT2D eigenvalue weighted by molar-refractivity contribution is 0.557. The van der Waals surface area contributed by atoms with Crippen molar-refractivity contribution < 1.29 is 0 Å². The monoisotopic (exact) mass is 219 g/mol. The van der Waals surface area contributed by atoms with Gasteiger partial charge in [-0.2, -0.15) is 0 Å². The van der Waals surface area contributed by atoms with E-state index in [1.165, 1.54) is 30.4 Å². The summed E-state index contributed by atoms with van der Waals surface area (Å²) in [5.74, 6) is 0. The minimum absolute atomic E-state index is 0.614. The summed E-state index contributed by atoms with van der Waals surface area (Å²) in [6.07, 6.45) is 4.94. The first-order chi connectivity index (χ1) is 7.74. The molecule has 0 spiro atoms. The lowest BCUT2D eigenvalue weighted by atomic mass is 10.0. The minimum atomic E-state index is 0.614. The highest BCUT2D eigenvalue weighted by atomic mass is 14.9. The lowest BCUT2D eigenvalue weighted by Crippen LogP contribution is -2.23. The van der Waals surface area contributed by atoms with E-state index in [0.29, 0.717) is 6.04 Å². The Balaban J connectivity index is 2.26. The van der Waals surface area contributed by atoms with Gasteiger partial charge in [-0.25, -0.2) is 0 Å². The van der Waals surface area contributed by atoms with E-state index in [1.54, 1.807) is 0 Å². The summed E-state index contributed by atoms with van der Waals surface area (Å²) in [7, 11) is 0. The van der Waals surface area contributed by atoms with Crippen LogP contribution in [0, 0.1) is 0 Å². The second-order valence-corrected chi connectivity index (χ2v) is 4.69. The number of unbranched alkanes of at least 4 members (excludes halogenated alkanes) is 1. The van der Waals surface area contributed by atoms with Crippen LogP contribution in [0.3, 0.4) is 0 Å². The third-order valence-electron chi connectivity index (χ3n) is 2.92. The zero-order chi connectivity index (χ0) is 11.8. The molecule has 0 radical (unpaired) electrons. The molecule has 0 unspecified atom stereocenters. The lowest BCUT2D eigenvalue weighted by Gasteiger charge is -2.09. The molecule has 1 N–H and O–H groups in total. The second-order valence-electron chi connectivity index (χ2n) is 4.69. The van der Waals surface area contributed by atoms with Crippen molar-refractivity contribution in [2.75, 3.05) is 6.54 Å². The van der Waals surface area contributed by atoms with Gasteiger partial charge in [0.05, 0.1) is 0 Å². The summed E-state index contributed by atoms with van der Waals surface area (Å²) in [6, 6.07) is 9.43. The fourth-order valence-corrected chi connectivity index (χ4v) is 1.98. The number of hydrogen-bond donors (Lipinski definition) is 1. The van der Waals surface area contributed by atoms with Gasteiger partial charge in [0, 0.05) is 6.04 Å². The Morgan fingerprint density at radius 3 is 2.38 bits per heavy atom. The number of nitrogens with one attached hydrogen (secondary N) is 1. The zero-order valence-electron chi connectivity index (χ0n) is 10.9. The van der Waals surface area contributed by atoms with Gasteiger partial charge in [-0.1, -0.05) is 45.0 Å². The molecule has 0 aliphatic heterocycles. The standard InChI is InChI=1S/C15H25N/c1-4-14-9-5-6-10-15(14)11-7-8-12-16-13(2)3/h5-6,9-10,13,16H,4,7-8,11-12H2,1-3H3. The number of hydrogen-bond acceptors (Lipinski definition) is 1. The van der Waals surface area contributed by atoms with Gasteiger partial charge in [-0.15, -0.1) is 0 Å². The molecule has 0 fully saturated rings. The molecule has 0 heterocycles. The van der Waals surface area contributed by atoms with Gasteiger partial charge in [0.2, 0.25) is 0 Å². The Kier molecular flexibility index (Phi) is 6.17. The molecule has 1 heteroatoms. The molecule has 0 saturated heterocycles. The molecule has 1 aromatic rings. The van der Waals surface area contributed by atoms with Crippen LogP contribution in [0.4, 0.5) is 0 Å². The van der Waals surface area contributed by atoms with Crippen molar-refractivity contribution in [2.45, 2.75) is 52.5 Å². The summed E-state index contributed by atoms with van der Waals surface area (Å²) >= 11 is 0. The van der Waals surface area contributed by atoms with E-state index in [4.69, 9.17) is 0 Å². The van der Waals surface area contributed by atoms with Crippen molar-refractivity contribution >= 4 is 0 Å². The maximum absolute atomic E-state index is 3.46. The highest BCUT2D eigenvalue weighted by Crippen LogP contribution is 2.12. The molecule has 0 bridgehead atoms. The second kappa shape index (κ2) is 7.45. The van der Waals surface area contributed by atoms with Crippen molar-refractivity contribution in [3.05, 3.63) is 35.4 Å². The summed E-state index contributed by atoms with van der Waals surface area (Å²) < 4.78 is 0. The Labute approximate surface area is 100 Å². The van der Waals surface area contributed by atoms with Crippen LogP contribution in [0.25, 0.3) is 0 Å². The third-order valence-corrected chi connectivity index (χ3v) is 2.92. The topological polar surface area (TPSA) is 12.0 Å². The quantitative estimate of drug-likeness (QED) is 0.691. The predicted octanol–water partition coefficient (Wildman–Crippen LogP) is 3.57. The van der Waals surface area contributed by atoms with Crippen molar-refractivity contribution in [1.82, 2.24) is 5.32 Å². The Bertz CT molecular complexity index is 291. The van der Waals surface area contributed by atoms with Crippen LogP contribution in [-0.2, 0) is 12.8 Å². The minimum Gasteiger partial charge on any atom is -0.315 e. The molecule has 16 heavy (non-hydrogen) atoms. The SMILES string of the molecule is CCc1ccccc1CCCCNC(C)C. The maximum atomic E-state index is 3.46. The highest BCUT2D eigenvalue weighted by molar-refractivity contribution is 5.26. The third kappa shape index (κ3) is 4.80. The van der Waals surface area contributed by atoms with Crippen LogP contribution in [-0.4, -0.2) is 12.6 Å². The van der Waals surface area contributed by atoms with Gasteiger partial charge < -0.3 is 5.32 Å². The predicted molar refractivity (Wildman–Crippen MR) is 71.9 cm³/mol. The molecule has 1 rings (SSSR count). The molecule has 0 aliphatic carbocycles. The fourth-order valence-electron chi connectivity index (χ4n) is 1.98. The molecule has 0 aliphatic rings. The van der Waals surface area contributed by atoms with Gasteiger partial charge in [0.15, 0.2) is 0 Å². The van der Waals surface area contributed by atoms with Gasteiger partial charge in [0.1, 0.15) is 0 Å². The number of rotatable bonds is 7.